The maximum atomic E-state index is 11.6. The predicted octanol–water partition coefficient (Wildman–Crippen LogP) is 2.68. The fourth-order valence-corrected chi connectivity index (χ4v) is 2.31. The largest absolute Gasteiger partial charge is 0.340 e. The molecule has 4 heteroatoms. The van der Waals surface area contributed by atoms with Gasteiger partial charge in [-0.15, -0.1) is 12.4 Å². The summed E-state index contributed by atoms with van der Waals surface area (Å²) in [5.41, 5.74) is 1.24. The average molecular weight is 295 g/mol. The van der Waals surface area contributed by atoms with Gasteiger partial charge in [0.15, 0.2) is 0 Å². The fraction of sp³-hybridized carbons (Fsp3) is 0.438. The molecule has 1 saturated heterocycles. The van der Waals surface area contributed by atoms with Crippen LogP contribution in [-0.2, 0) is 4.79 Å². The Morgan fingerprint density at radius 3 is 2.40 bits per heavy atom. The number of hydrogen-bond donors (Lipinski definition) is 0. The molecule has 3 nitrogen and oxygen atoms in total. The van der Waals surface area contributed by atoms with Gasteiger partial charge in [-0.3, -0.25) is 9.69 Å². The molecule has 1 heterocycles. The van der Waals surface area contributed by atoms with Crippen LogP contribution in [0.3, 0.4) is 0 Å². The molecular formula is C16H23ClN2O. The lowest BCUT2D eigenvalue weighted by atomic mass is 10.2. The van der Waals surface area contributed by atoms with Crippen LogP contribution in [0.5, 0.6) is 0 Å². The van der Waals surface area contributed by atoms with E-state index in [0.717, 1.165) is 32.7 Å². The van der Waals surface area contributed by atoms with Crippen molar-refractivity contribution in [1.82, 2.24) is 9.80 Å². The van der Waals surface area contributed by atoms with Gasteiger partial charge in [-0.2, -0.15) is 0 Å². The number of hydrogen-bond acceptors (Lipinski definition) is 2. The Morgan fingerprint density at radius 1 is 1.15 bits per heavy atom. The van der Waals surface area contributed by atoms with E-state index in [9.17, 15) is 4.79 Å². The summed E-state index contributed by atoms with van der Waals surface area (Å²) in [6.07, 6.45) is 4.98. The third kappa shape index (κ3) is 4.99. The van der Waals surface area contributed by atoms with Crippen LogP contribution in [0.25, 0.3) is 6.08 Å². The van der Waals surface area contributed by atoms with Gasteiger partial charge in [0.05, 0.1) is 0 Å². The number of rotatable bonds is 4. The number of carbonyl (C=O) groups is 1. The minimum absolute atomic E-state index is 0. The second kappa shape index (κ2) is 8.77. The van der Waals surface area contributed by atoms with Crippen molar-refractivity contribution in [2.75, 3.05) is 32.7 Å². The normalized spacial score (nSPS) is 16.1. The number of nitrogens with zero attached hydrogens (tertiary/aromatic N) is 2. The summed E-state index contributed by atoms with van der Waals surface area (Å²) in [5, 5.41) is 0. The zero-order chi connectivity index (χ0) is 13.5. The summed E-state index contributed by atoms with van der Waals surface area (Å²) in [6.45, 7) is 6.58. The topological polar surface area (TPSA) is 23.6 Å². The summed E-state index contributed by atoms with van der Waals surface area (Å²) < 4.78 is 0. The highest BCUT2D eigenvalue weighted by atomic mass is 35.5. The molecule has 110 valence electrons. The molecule has 1 aromatic carbocycles. The molecule has 0 N–H and O–H groups in total. The van der Waals surface area contributed by atoms with Crippen LogP contribution >= 0.6 is 12.4 Å². The molecule has 0 atom stereocenters. The SMILES string of the molecule is CCC(=O)N1CCN(C/C=C/c2ccccc2)CC1.Cl. The van der Waals surface area contributed by atoms with Gasteiger partial charge in [-0.25, -0.2) is 0 Å². The lowest BCUT2D eigenvalue weighted by Gasteiger charge is -2.34. The molecule has 20 heavy (non-hydrogen) atoms. The van der Waals surface area contributed by atoms with Crippen LogP contribution < -0.4 is 0 Å². The molecule has 1 aliphatic rings. The van der Waals surface area contributed by atoms with E-state index in [4.69, 9.17) is 0 Å². The van der Waals surface area contributed by atoms with Crippen LogP contribution in [0.2, 0.25) is 0 Å². The maximum Gasteiger partial charge on any atom is 0.222 e. The summed E-state index contributed by atoms with van der Waals surface area (Å²) in [6, 6.07) is 10.3. The summed E-state index contributed by atoms with van der Waals surface area (Å²) in [5.74, 6) is 0.277. The van der Waals surface area contributed by atoms with E-state index < -0.39 is 0 Å². The monoisotopic (exact) mass is 294 g/mol. The standard InChI is InChI=1S/C16H22N2O.ClH/c1-2-16(19)18-13-11-17(12-14-18)10-6-9-15-7-4-3-5-8-15;/h3-9H,2,10-14H2,1H3;1H/b9-6+;. The predicted molar refractivity (Wildman–Crippen MR) is 86.0 cm³/mol. The zero-order valence-corrected chi connectivity index (χ0v) is 12.8. The van der Waals surface area contributed by atoms with Crippen LogP contribution in [0.4, 0.5) is 0 Å². The van der Waals surface area contributed by atoms with Gasteiger partial charge in [0.1, 0.15) is 0 Å². The molecule has 1 amide bonds. The fourth-order valence-electron chi connectivity index (χ4n) is 2.31. The molecule has 1 aromatic rings. The number of amides is 1. The molecular weight excluding hydrogens is 272 g/mol. The van der Waals surface area contributed by atoms with Crippen molar-refractivity contribution in [1.29, 1.82) is 0 Å². The Bertz CT molecular complexity index is 425. The van der Waals surface area contributed by atoms with Gasteiger partial charge in [-0.1, -0.05) is 49.4 Å². The second-order valence-corrected chi connectivity index (χ2v) is 4.85. The smallest absolute Gasteiger partial charge is 0.222 e. The molecule has 0 spiro atoms. The second-order valence-electron chi connectivity index (χ2n) is 4.85. The lowest BCUT2D eigenvalue weighted by Crippen LogP contribution is -2.48. The highest BCUT2D eigenvalue weighted by Gasteiger charge is 2.18. The Balaban J connectivity index is 0.00000200. The van der Waals surface area contributed by atoms with E-state index >= 15 is 0 Å². The third-order valence-electron chi connectivity index (χ3n) is 3.50. The van der Waals surface area contributed by atoms with Gasteiger partial charge in [-0.05, 0) is 5.56 Å². The first-order valence-electron chi connectivity index (χ1n) is 7.01. The zero-order valence-electron chi connectivity index (χ0n) is 12.0. The highest BCUT2D eigenvalue weighted by Crippen LogP contribution is 2.05. The van der Waals surface area contributed by atoms with Crippen LogP contribution in [0.1, 0.15) is 18.9 Å². The summed E-state index contributed by atoms with van der Waals surface area (Å²) >= 11 is 0. The van der Waals surface area contributed by atoms with E-state index in [-0.39, 0.29) is 18.3 Å². The number of benzene rings is 1. The van der Waals surface area contributed by atoms with Gasteiger partial charge in [0.25, 0.3) is 0 Å². The quantitative estimate of drug-likeness (QED) is 0.852. The Kier molecular flexibility index (Phi) is 7.34. The van der Waals surface area contributed by atoms with Crippen molar-refractivity contribution in [2.24, 2.45) is 0 Å². The molecule has 2 rings (SSSR count). The Morgan fingerprint density at radius 2 is 1.80 bits per heavy atom. The first kappa shape index (κ1) is 16.7. The van der Waals surface area contributed by atoms with Crippen LogP contribution in [0, 0.1) is 0 Å². The Labute approximate surface area is 127 Å². The number of halogens is 1. The van der Waals surface area contributed by atoms with Crippen molar-refractivity contribution >= 4 is 24.4 Å². The van der Waals surface area contributed by atoms with E-state index in [1.54, 1.807) is 0 Å². The third-order valence-corrected chi connectivity index (χ3v) is 3.50. The van der Waals surface area contributed by atoms with Crippen molar-refractivity contribution in [2.45, 2.75) is 13.3 Å². The summed E-state index contributed by atoms with van der Waals surface area (Å²) in [4.78, 5) is 15.9. The van der Waals surface area contributed by atoms with E-state index in [0.29, 0.717) is 6.42 Å². The van der Waals surface area contributed by atoms with Crippen molar-refractivity contribution in [3.05, 3.63) is 42.0 Å². The van der Waals surface area contributed by atoms with E-state index in [2.05, 4.69) is 41.3 Å². The lowest BCUT2D eigenvalue weighted by molar-refractivity contribution is -0.132. The highest BCUT2D eigenvalue weighted by molar-refractivity contribution is 5.85. The van der Waals surface area contributed by atoms with Crippen molar-refractivity contribution < 1.29 is 4.79 Å². The molecule has 1 aliphatic heterocycles. The maximum absolute atomic E-state index is 11.6. The molecule has 1 fully saturated rings. The minimum atomic E-state index is 0. The number of carbonyl (C=O) groups excluding carboxylic acids is 1. The van der Waals surface area contributed by atoms with Gasteiger partial charge < -0.3 is 4.90 Å². The average Bonchev–Trinajstić information content (AvgIpc) is 2.48. The van der Waals surface area contributed by atoms with Crippen molar-refractivity contribution in [3.8, 4) is 0 Å². The molecule has 0 unspecified atom stereocenters. The van der Waals surface area contributed by atoms with Gasteiger partial charge >= 0.3 is 0 Å². The van der Waals surface area contributed by atoms with Gasteiger partial charge in [0, 0.05) is 39.1 Å². The van der Waals surface area contributed by atoms with Crippen LogP contribution in [-0.4, -0.2) is 48.4 Å². The summed E-state index contributed by atoms with van der Waals surface area (Å²) in [7, 11) is 0. The molecule has 0 aliphatic carbocycles. The first-order chi connectivity index (χ1) is 9.29. The van der Waals surface area contributed by atoms with Crippen molar-refractivity contribution in [3.63, 3.8) is 0 Å². The van der Waals surface area contributed by atoms with Gasteiger partial charge in [0.2, 0.25) is 5.91 Å². The molecule has 0 radical (unpaired) electrons. The minimum Gasteiger partial charge on any atom is -0.340 e. The molecule has 0 saturated carbocycles. The van der Waals surface area contributed by atoms with Crippen LogP contribution in [0.15, 0.2) is 36.4 Å². The molecule has 0 aromatic heterocycles. The Hall–Kier alpha value is -1.32. The molecule has 0 bridgehead atoms. The number of piperazine rings is 1. The first-order valence-corrected chi connectivity index (χ1v) is 7.01. The van der Waals surface area contributed by atoms with E-state index in [1.807, 2.05) is 17.9 Å². The van der Waals surface area contributed by atoms with E-state index in [1.165, 1.54) is 5.56 Å².